The number of fused-ring (bicyclic) bond motifs is 7. The minimum absolute atomic E-state index is 0.588. The molecule has 0 N–H and O–H groups in total. The van der Waals surface area contributed by atoms with Crippen LogP contribution >= 0.6 is 23.5 Å². The number of hydrogen-bond acceptors (Lipinski definition) is 2. The van der Waals surface area contributed by atoms with Crippen molar-refractivity contribution in [3.63, 3.8) is 0 Å². The Hall–Kier alpha value is -1.90. The number of allylic oxidation sites excluding steroid dienone is 2. The largest absolute Gasteiger partial charge is 0.126 e. The molecule has 4 aliphatic rings. The summed E-state index contributed by atoms with van der Waals surface area (Å²) in [6.45, 7) is 12.4. The van der Waals surface area contributed by atoms with Gasteiger partial charge in [0.2, 0.25) is 0 Å². The van der Waals surface area contributed by atoms with Crippen molar-refractivity contribution in [2.24, 2.45) is 17.8 Å². The predicted molar refractivity (Wildman–Crippen MR) is 170 cm³/mol. The lowest BCUT2D eigenvalue weighted by Crippen LogP contribution is -2.34. The van der Waals surface area contributed by atoms with E-state index in [1.807, 2.05) is 0 Å². The van der Waals surface area contributed by atoms with Gasteiger partial charge in [0.25, 0.3) is 0 Å². The molecule has 0 amide bonds. The fourth-order valence-corrected chi connectivity index (χ4v) is 11.7. The molecule has 0 aromatic heterocycles. The van der Waals surface area contributed by atoms with Crippen LogP contribution in [0.25, 0.3) is 0 Å². The summed E-state index contributed by atoms with van der Waals surface area (Å²) in [5, 5.41) is 1.40. The van der Waals surface area contributed by atoms with Gasteiger partial charge in [-0.15, -0.1) is 23.5 Å². The standard InChI is InChI=1S/C37H42S2/c1-21-18-29-20-32(25(5)23(3)27-14-10-7-11-15-27)39-37(29)35-30-17-16-28-19-31(38-36(28)34(30)33(21)35)24(4)22(2)26-12-8-6-9-13-26/h6-17,21-25,31-33,35H,18-20H2,1-5H3. The van der Waals surface area contributed by atoms with Gasteiger partial charge in [-0.1, -0.05) is 113 Å². The van der Waals surface area contributed by atoms with Gasteiger partial charge in [-0.2, -0.15) is 0 Å². The minimum Gasteiger partial charge on any atom is -0.126 e. The number of thioether (sulfide) groups is 2. The summed E-state index contributed by atoms with van der Waals surface area (Å²) < 4.78 is 0. The molecule has 0 saturated carbocycles. The molecule has 2 heterocycles. The van der Waals surface area contributed by atoms with Gasteiger partial charge in [0.05, 0.1) is 0 Å². The van der Waals surface area contributed by atoms with Crippen molar-refractivity contribution < 1.29 is 0 Å². The van der Waals surface area contributed by atoms with Crippen LogP contribution in [0.15, 0.2) is 88.2 Å². The highest BCUT2D eigenvalue weighted by Crippen LogP contribution is 2.68. The van der Waals surface area contributed by atoms with Gasteiger partial charge >= 0.3 is 0 Å². The van der Waals surface area contributed by atoms with Crippen molar-refractivity contribution in [2.45, 2.75) is 92.9 Å². The van der Waals surface area contributed by atoms with Crippen LogP contribution in [-0.2, 0) is 6.42 Å². The monoisotopic (exact) mass is 550 g/mol. The molecule has 39 heavy (non-hydrogen) atoms. The van der Waals surface area contributed by atoms with Crippen LogP contribution in [0.2, 0.25) is 0 Å². The summed E-state index contributed by atoms with van der Waals surface area (Å²) in [7, 11) is 0. The Morgan fingerprint density at radius 3 is 1.87 bits per heavy atom. The summed E-state index contributed by atoms with van der Waals surface area (Å²) in [6.07, 6.45) is 3.85. The first-order valence-electron chi connectivity index (χ1n) is 15.2. The molecular weight excluding hydrogens is 509 g/mol. The van der Waals surface area contributed by atoms with Crippen molar-refractivity contribution in [2.75, 3.05) is 0 Å². The molecule has 0 saturated heterocycles. The van der Waals surface area contributed by atoms with Crippen molar-refractivity contribution in [1.82, 2.24) is 0 Å². The van der Waals surface area contributed by atoms with Crippen LogP contribution in [0.5, 0.6) is 0 Å². The molecule has 0 bridgehead atoms. The summed E-state index contributed by atoms with van der Waals surface area (Å²) in [4.78, 5) is 3.45. The predicted octanol–water partition coefficient (Wildman–Crippen LogP) is 10.6. The number of benzene rings is 3. The van der Waals surface area contributed by atoms with E-state index in [4.69, 9.17) is 0 Å². The topological polar surface area (TPSA) is 0 Å². The average molecular weight is 551 g/mol. The Bertz CT molecular complexity index is 1390. The van der Waals surface area contributed by atoms with E-state index < -0.39 is 0 Å². The lowest BCUT2D eigenvalue weighted by molar-refractivity contribution is 0.346. The van der Waals surface area contributed by atoms with Crippen LogP contribution in [0.4, 0.5) is 0 Å². The Balaban J connectivity index is 1.11. The maximum atomic E-state index is 2.55. The van der Waals surface area contributed by atoms with Crippen LogP contribution < -0.4 is 0 Å². The van der Waals surface area contributed by atoms with E-state index >= 15 is 0 Å². The van der Waals surface area contributed by atoms with Gasteiger partial charge in [-0.25, -0.2) is 0 Å². The van der Waals surface area contributed by atoms with Crippen molar-refractivity contribution in [3.8, 4) is 0 Å². The lowest BCUT2D eigenvalue weighted by Gasteiger charge is -2.48. The molecule has 9 unspecified atom stereocenters. The second-order valence-electron chi connectivity index (χ2n) is 13.0. The van der Waals surface area contributed by atoms with Crippen LogP contribution in [0, 0.1) is 17.8 Å². The van der Waals surface area contributed by atoms with Gasteiger partial charge in [0.1, 0.15) is 0 Å². The van der Waals surface area contributed by atoms with Crippen LogP contribution in [0.1, 0.15) is 98.9 Å². The Kier molecular flexibility index (Phi) is 6.79. The maximum Gasteiger partial charge on any atom is 0.0224 e. The first-order chi connectivity index (χ1) is 18.9. The van der Waals surface area contributed by atoms with Crippen molar-refractivity contribution in [3.05, 3.63) is 111 Å². The Labute approximate surface area is 244 Å². The number of rotatable bonds is 6. The molecule has 2 aliphatic heterocycles. The lowest BCUT2D eigenvalue weighted by atomic mass is 9.58. The highest BCUT2D eigenvalue weighted by atomic mass is 32.2. The fraction of sp³-hybridized carbons (Fsp3) is 0.459. The van der Waals surface area contributed by atoms with E-state index in [0.29, 0.717) is 40.1 Å². The Morgan fingerprint density at radius 1 is 0.667 bits per heavy atom. The van der Waals surface area contributed by atoms with E-state index in [0.717, 1.165) is 11.8 Å². The average Bonchev–Trinajstić information content (AvgIpc) is 3.57. The molecule has 0 radical (unpaired) electrons. The smallest absolute Gasteiger partial charge is 0.0224 e. The SMILES string of the molecule is CC1CC2=C(SC(C(C)C(C)c3ccccc3)C2)C2c3ccc4c(c3C12)SC(C(C)C(C)c1ccccc1)C4. The zero-order valence-electron chi connectivity index (χ0n) is 24.1. The van der Waals surface area contributed by atoms with Crippen LogP contribution in [0.3, 0.4) is 0 Å². The summed E-state index contributed by atoms with van der Waals surface area (Å²) >= 11 is 4.49. The van der Waals surface area contributed by atoms with Gasteiger partial charge in [-0.3, -0.25) is 0 Å². The molecule has 7 rings (SSSR count). The normalized spacial score (nSPS) is 29.9. The molecule has 0 spiro atoms. The maximum absolute atomic E-state index is 2.55. The zero-order chi connectivity index (χ0) is 26.8. The summed E-state index contributed by atoms with van der Waals surface area (Å²) in [6, 6.07) is 27.4. The van der Waals surface area contributed by atoms with Crippen molar-refractivity contribution >= 4 is 23.5 Å². The van der Waals surface area contributed by atoms with Crippen LogP contribution in [-0.4, -0.2) is 10.5 Å². The molecule has 202 valence electrons. The third-order valence-electron chi connectivity index (χ3n) is 11.0. The fourth-order valence-electron chi connectivity index (χ4n) is 8.14. The van der Waals surface area contributed by atoms with Crippen molar-refractivity contribution in [1.29, 1.82) is 0 Å². The molecule has 0 fully saturated rings. The molecule has 2 heteroatoms. The molecule has 3 aromatic carbocycles. The first kappa shape index (κ1) is 26.0. The molecule has 2 aliphatic carbocycles. The number of hydrogen-bond donors (Lipinski definition) is 0. The molecule has 0 nitrogen and oxygen atoms in total. The second kappa shape index (κ2) is 10.2. The second-order valence-corrected chi connectivity index (χ2v) is 15.6. The quantitative estimate of drug-likeness (QED) is 0.299. The van der Waals surface area contributed by atoms with Gasteiger partial charge in [0, 0.05) is 21.3 Å². The highest BCUT2D eigenvalue weighted by Gasteiger charge is 2.52. The van der Waals surface area contributed by atoms with E-state index in [-0.39, 0.29) is 0 Å². The Morgan fingerprint density at radius 2 is 1.26 bits per heavy atom. The van der Waals surface area contributed by atoms with Gasteiger partial charge in [-0.05, 0) is 87.5 Å². The molecule has 3 aromatic rings. The molecular formula is C37H42S2. The zero-order valence-corrected chi connectivity index (χ0v) is 25.7. The van der Waals surface area contributed by atoms with Gasteiger partial charge in [0.15, 0.2) is 0 Å². The first-order valence-corrected chi connectivity index (χ1v) is 17.0. The third kappa shape index (κ3) is 4.27. The van der Waals surface area contributed by atoms with E-state index in [1.54, 1.807) is 32.1 Å². The molecule has 9 atom stereocenters. The third-order valence-corrected chi connectivity index (χ3v) is 14.3. The van der Waals surface area contributed by atoms with E-state index in [9.17, 15) is 0 Å². The van der Waals surface area contributed by atoms with E-state index in [1.165, 1.54) is 30.4 Å². The van der Waals surface area contributed by atoms with E-state index in [2.05, 4.69) is 131 Å². The highest BCUT2D eigenvalue weighted by molar-refractivity contribution is 8.04. The van der Waals surface area contributed by atoms with Gasteiger partial charge < -0.3 is 0 Å². The minimum atomic E-state index is 0.588. The summed E-state index contributed by atoms with van der Waals surface area (Å²) in [5.41, 5.74) is 9.83. The summed E-state index contributed by atoms with van der Waals surface area (Å²) in [5.74, 6) is 4.69.